The van der Waals surface area contributed by atoms with Gasteiger partial charge in [0.25, 0.3) is 5.78 Å². The number of fused-ring (bicyclic) bond motifs is 1. The number of rotatable bonds is 2. The van der Waals surface area contributed by atoms with Crippen LogP contribution in [0.15, 0.2) is 42.7 Å². The normalized spacial score (nSPS) is 10.7. The Labute approximate surface area is 102 Å². The lowest BCUT2D eigenvalue weighted by atomic mass is 10.2. The lowest BCUT2D eigenvalue weighted by molar-refractivity contribution is 0.0695. The summed E-state index contributed by atoms with van der Waals surface area (Å²) in [6.45, 7) is 0. The van der Waals surface area contributed by atoms with Gasteiger partial charge in [-0.3, -0.25) is 0 Å². The zero-order valence-corrected chi connectivity index (χ0v) is 9.19. The molecule has 1 aromatic carbocycles. The largest absolute Gasteiger partial charge is 0.478 e. The standard InChI is InChI=1S/C12H8N4O2/c17-11(18)9-6-13-12-14-10(15-16(12)7-9)8-4-2-1-3-5-8/h1-7H,(H,17,18). The topological polar surface area (TPSA) is 80.4 Å². The molecule has 6 nitrogen and oxygen atoms in total. The Kier molecular flexibility index (Phi) is 2.26. The minimum Gasteiger partial charge on any atom is -0.478 e. The summed E-state index contributed by atoms with van der Waals surface area (Å²) in [5.41, 5.74) is 0.937. The van der Waals surface area contributed by atoms with Crippen molar-refractivity contribution >= 4 is 11.7 Å². The second-order valence-corrected chi connectivity index (χ2v) is 3.69. The first kappa shape index (κ1) is 10.4. The van der Waals surface area contributed by atoms with Crippen LogP contribution in [0.4, 0.5) is 0 Å². The molecular weight excluding hydrogens is 232 g/mol. The van der Waals surface area contributed by atoms with Crippen molar-refractivity contribution in [1.29, 1.82) is 0 Å². The van der Waals surface area contributed by atoms with Gasteiger partial charge in [-0.05, 0) is 0 Å². The molecule has 2 aromatic heterocycles. The van der Waals surface area contributed by atoms with Crippen LogP contribution in [0.3, 0.4) is 0 Å². The quantitative estimate of drug-likeness (QED) is 0.734. The van der Waals surface area contributed by atoms with Gasteiger partial charge >= 0.3 is 5.97 Å². The first-order valence-corrected chi connectivity index (χ1v) is 5.25. The van der Waals surface area contributed by atoms with Gasteiger partial charge in [0.2, 0.25) is 0 Å². The van der Waals surface area contributed by atoms with Gasteiger partial charge in [0.15, 0.2) is 5.82 Å². The highest BCUT2D eigenvalue weighted by atomic mass is 16.4. The maximum atomic E-state index is 10.8. The van der Waals surface area contributed by atoms with Crippen molar-refractivity contribution in [1.82, 2.24) is 19.6 Å². The van der Waals surface area contributed by atoms with E-state index < -0.39 is 5.97 Å². The van der Waals surface area contributed by atoms with Gasteiger partial charge in [0.05, 0.1) is 5.56 Å². The van der Waals surface area contributed by atoms with E-state index in [1.807, 2.05) is 30.3 Å². The number of aromatic nitrogens is 4. The van der Waals surface area contributed by atoms with Gasteiger partial charge in [0, 0.05) is 18.0 Å². The third-order valence-electron chi connectivity index (χ3n) is 2.47. The number of carbonyl (C=O) groups is 1. The Bertz CT molecular complexity index is 721. The maximum Gasteiger partial charge on any atom is 0.338 e. The average molecular weight is 240 g/mol. The van der Waals surface area contributed by atoms with Crippen molar-refractivity contribution in [3.63, 3.8) is 0 Å². The summed E-state index contributed by atoms with van der Waals surface area (Å²) in [6.07, 6.45) is 2.66. The van der Waals surface area contributed by atoms with Crippen LogP contribution in [0.2, 0.25) is 0 Å². The summed E-state index contributed by atoms with van der Waals surface area (Å²) < 4.78 is 1.37. The molecule has 0 saturated carbocycles. The summed E-state index contributed by atoms with van der Waals surface area (Å²) in [5, 5.41) is 13.1. The summed E-state index contributed by atoms with van der Waals surface area (Å²) in [5.74, 6) is -0.148. The van der Waals surface area contributed by atoms with Crippen LogP contribution >= 0.6 is 0 Å². The fourth-order valence-electron chi connectivity index (χ4n) is 1.60. The van der Waals surface area contributed by atoms with Crippen LogP contribution < -0.4 is 0 Å². The molecule has 0 amide bonds. The molecule has 2 heterocycles. The molecule has 0 saturated heterocycles. The van der Waals surface area contributed by atoms with E-state index in [2.05, 4.69) is 15.1 Å². The Hall–Kier alpha value is -2.76. The van der Waals surface area contributed by atoms with Crippen LogP contribution in [0.25, 0.3) is 17.2 Å². The molecule has 0 aliphatic rings. The SMILES string of the molecule is O=C(O)c1cnc2nc(-c3ccccc3)nn2c1. The van der Waals surface area contributed by atoms with Gasteiger partial charge < -0.3 is 5.11 Å². The minimum atomic E-state index is -1.04. The van der Waals surface area contributed by atoms with E-state index in [9.17, 15) is 4.79 Å². The van der Waals surface area contributed by atoms with E-state index in [1.165, 1.54) is 16.9 Å². The molecule has 0 aliphatic carbocycles. The molecule has 88 valence electrons. The van der Waals surface area contributed by atoms with E-state index in [0.717, 1.165) is 5.56 Å². The molecule has 6 heteroatoms. The van der Waals surface area contributed by atoms with E-state index in [1.54, 1.807) is 0 Å². The fraction of sp³-hybridized carbons (Fsp3) is 0. The first-order chi connectivity index (χ1) is 8.74. The lowest BCUT2D eigenvalue weighted by Gasteiger charge is -1.93. The fourth-order valence-corrected chi connectivity index (χ4v) is 1.60. The highest BCUT2D eigenvalue weighted by Crippen LogP contribution is 2.14. The summed E-state index contributed by atoms with van der Waals surface area (Å²) in [4.78, 5) is 19.0. The van der Waals surface area contributed by atoms with Gasteiger partial charge in [-0.15, -0.1) is 5.10 Å². The minimum absolute atomic E-state index is 0.0759. The Morgan fingerprint density at radius 2 is 2.00 bits per heavy atom. The van der Waals surface area contributed by atoms with E-state index in [0.29, 0.717) is 11.6 Å². The zero-order chi connectivity index (χ0) is 12.5. The number of carboxylic acid groups (broad SMARTS) is 1. The van der Waals surface area contributed by atoms with Crippen LogP contribution in [-0.4, -0.2) is 30.7 Å². The lowest BCUT2D eigenvalue weighted by Crippen LogP contribution is -2.01. The third-order valence-corrected chi connectivity index (χ3v) is 2.47. The van der Waals surface area contributed by atoms with Crippen molar-refractivity contribution in [3.05, 3.63) is 48.3 Å². The smallest absolute Gasteiger partial charge is 0.338 e. The van der Waals surface area contributed by atoms with Crippen molar-refractivity contribution in [2.45, 2.75) is 0 Å². The molecule has 0 aliphatic heterocycles. The number of hydrogen-bond donors (Lipinski definition) is 1. The van der Waals surface area contributed by atoms with Crippen molar-refractivity contribution in [2.75, 3.05) is 0 Å². The van der Waals surface area contributed by atoms with Gasteiger partial charge in [-0.25, -0.2) is 14.3 Å². The number of aromatic carboxylic acids is 1. The summed E-state index contributed by atoms with van der Waals surface area (Å²) >= 11 is 0. The maximum absolute atomic E-state index is 10.8. The molecule has 3 aromatic rings. The van der Waals surface area contributed by atoms with Crippen molar-refractivity contribution in [3.8, 4) is 11.4 Å². The summed E-state index contributed by atoms with van der Waals surface area (Å²) in [6, 6.07) is 9.44. The second-order valence-electron chi connectivity index (χ2n) is 3.69. The van der Waals surface area contributed by atoms with Crippen molar-refractivity contribution in [2.24, 2.45) is 0 Å². The Morgan fingerprint density at radius 3 is 2.72 bits per heavy atom. The van der Waals surface area contributed by atoms with Crippen LogP contribution in [0, 0.1) is 0 Å². The van der Waals surface area contributed by atoms with Crippen LogP contribution in [-0.2, 0) is 0 Å². The Balaban J connectivity index is 2.14. The number of nitrogens with zero attached hydrogens (tertiary/aromatic N) is 4. The predicted molar refractivity (Wildman–Crippen MR) is 63.2 cm³/mol. The second kappa shape index (κ2) is 3.92. The number of hydrogen-bond acceptors (Lipinski definition) is 4. The van der Waals surface area contributed by atoms with E-state index in [-0.39, 0.29) is 5.56 Å². The molecule has 18 heavy (non-hydrogen) atoms. The molecular formula is C12H8N4O2. The molecule has 3 rings (SSSR count). The van der Waals surface area contributed by atoms with Crippen molar-refractivity contribution < 1.29 is 9.90 Å². The predicted octanol–water partition coefficient (Wildman–Crippen LogP) is 1.49. The monoisotopic (exact) mass is 240 g/mol. The first-order valence-electron chi connectivity index (χ1n) is 5.25. The average Bonchev–Trinajstić information content (AvgIpc) is 2.82. The molecule has 0 atom stereocenters. The van der Waals surface area contributed by atoms with Gasteiger partial charge in [0.1, 0.15) is 0 Å². The number of carboxylic acids is 1. The molecule has 0 fully saturated rings. The zero-order valence-electron chi connectivity index (χ0n) is 9.19. The third kappa shape index (κ3) is 1.69. The van der Waals surface area contributed by atoms with E-state index in [4.69, 9.17) is 5.11 Å². The Morgan fingerprint density at radius 1 is 1.22 bits per heavy atom. The molecule has 1 N–H and O–H groups in total. The molecule has 0 unspecified atom stereocenters. The number of benzene rings is 1. The van der Waals surface area contributed by atoms with Crippen LogP contribution in [0.1, 0.15) is 10.4 Å². The highest BCUT2D eigenvalue weighted by molar-refractivity contribution is 5.86. The van der Waals surface area contributed by atoms with Crippen LogP contribution in [0.5, 0.6) is 0 Å². The van der Waals surface area contributed by atoms with Gasteiger partial charge in [-0.1, -0.05) is 30.3 Å². The molecule has 0 radical (unpaired) electrons. The summed E-state index contributed by atoms with van der Waals surface area (Å²) in [7, 11) is 0. The van der Waals surface area contributed by atoms with E-state index >= 15 is 0 Å². The molecule has 0 bridgehead atoms. The molecule has 0 spiro atoms. The highest BCUT2D eigenvalue weighted by Gasteiger charge is 2.09. The van der Waals surface area contributed by atoms with Gasteiger partial charge in [-0.2, -0.15) is 4.98 Å².